The minimum atomic E-state index is -0.406. The Balaban J connectivity index is 1.61. The van der Waals surface area contributed by atoms with E-state index in [1.54, 1.807) is 17.4 Å². The molecule has 5 rings (SSSR count). The summed E-state index contributed by atoms with van der Waals surface area (Å²) in [6.45, 7) is 0. The van der Waals surface area contributed by atoms with Crippen molar-refractivity contribution >= 4 is 61.8 Å². The first kappa shape index (κ1) is 18.3. The van der Waals surface area contributed by atoms with Crippen molar-refractivity contribution in [2.45, 2.75) is 0 Å². The minimum Gasteiger partial charge on any atom is -0.465 e. The summed E-state index contributed by atoms with van der Waals surface area (Å²) < 4.78 is 12.0. The Morgan fingerprint density at radius 1 is 1.03 bits per heavy atom. The van der Waals surface area contributed by atoms with E-state index in [1.165, 1.54) is 10.7 Å². The van der Waals surface area contributed by atoms with Gasteiger partial charge in [-0.15, -0.1) is 11.3 Å². The van der Waals surface area contributed by atoms with Crippen LogP contribution in [-0.4, -0.2) is 18.1 Å². The number of hydrogen-bond acceptors (Lipinski definition) is 5. The summed E-state index contributed by atoms with van der Waals surface area (Å²) in [5.74, 6) is -0.406. The fraction of sp³-hybridized carbons (Fsp3) is 0.0435. The molecule has 29 heavy (non-hydrogen) atoms. The number of benzene rings is 3. The van der Waals surface area contributed by atoms with Crippen molar-refractivity contribution in [3.8, 4) is 21.8 Å². The molecule has 0 amide bonds. The Morgan fingerprint density at radius 3 is 2.62 bits per heavy atom. The average Bonchev–Trinajstić information content (AvgIpc) is 3.38. The lowest BCUT2D eigenvalue weighted by molar-refractivity contribution is 0.0602. The zero-order valence-corrected chi connectivity index (χ0v) is 18.3. The molecule has 4 nitrogen and oxygen atoms in total. The molecule has 6 heteroatoms. The highest BCUT2D eigenvalue weighted by atomic mass is 127. The molecule has 5 aromatic rings. The highest BCUT2D eigenvalue weighted by Gasteiger charge is 2.17. The predicted octanol–water partition coefficient (Wildman–Crippen LogP) is 6.77. The maximum absolute atomic E-state index is 12.1. The molecule has 3 aromatic carbocycles. The highest BCUT2D eigenvalue weighted by Crippen LogP contribution is 2.35. The van der Waals surface area contributed by atoms with E-state index in [2.05, 4.69) is 58.3 Å². The Labute approximate surface area is 184 Å². The lowest BCUT2D eigenvalue weighted by Gasteiger charge is -1.99. The summed E-state index contributed by atoms with van der Waals surface area (Å²) >= 11 is 3.92. The number of carbonyl (C=O) groups is 1. The Kier molecular flexibility index (Phi) is 4.60. The second kappa shape index (κ2) is 7.27. The standard InChI is InChI=1S/C23H14INO3S/c1-27-23(26)17-4-2-3-16-18-11-14(7-10-20(18)28-21(16)17)19-12-29-22(25-19)13-5-8-15(24)9-6-13/h2-12H,1H3. The number of para-hydroxylation sites is 1. The molecule has 0 spiro atoms. The largest absolute Gasteiger partial charge is 0.465 e. The van der Waals surface area contributed by atoms with Gasteiger partial charge >= 0.3 is 5.97 Å². The second-order valence-electron chi connectivity index (χ2n) is 6.53. The fourth-order valence-electron chi connectivity index (χ4n) is 3.36. The molecule has 0 aliphatic heterocycles. The van der Waals surface area contributed by atoms with Gasteiger partial charge in [0.25, 0.3) is 0 Å². The first-order valence-corrected chi connectivity index (χ1v) is 10.9. The summed E-state index contributed by atoms with van der Waals surface area (Å²) in [6.07, 6.45) is 0. The van der Waals surface area contributed by atoms with Crippen LogP contribution in [0.3, 0.4) is 0 Å². The zero-order chi connectivity index (χ0) is 20.0. The zero-order valence-electron chi connectivity index (χ0n) is 15.3. The number of fused-ring (bicyclic) bond motifs is 3. The monoisotopic (exact) mass is 511 g/mol. The van der Waals surface area contributed by atoms with Gasteiger partial charge in [0.1, 0.15) is 21.7 Å². The molecule has 2 aromatic heterocycles. The third-order valence-corrected chi connectivity index (χ3v) is 6.40. The summed E-state index contributed by atoms with van der Waals surface area (Å²) in [7, 11) is 1.37. The van der Waals surface area contributed by atoms with Gasteiger partial charge in [-0.1, -0.05) is 24.3 Å². The lowest BCUT2D eigenvalue weighted by Crippen LogP contribution is -2.00. The van der Waals surface area contributed by atoms with E-state index in [1.807, 2.05) is 24.3 Å². The van der Waals surface area contributed by atoms with Crippen molar-refractivity contribution in [2.24, 2.45) is 0 Å². The second-order valence-corrected chi connectivity index (χ2v) is 8.64. The number of ether oxygens (including phenoxy) is 1. The molecule has 0 saturated heterocycles. The van der Waals surface area contributed by atoms with Crippen molar-refractivity contribution in [1.29, 1.82) is 0 Å². The Morgan fingerprint density at radius 2 is 1.83 bits per heavy atom. The van der Waals surface area contributed by atoms with E-state index in [9.17, 15) is 4.79 Å². The number of hydrogen-bond donors (Lipinski definition) is 0. The number of esters is 1. The van der Waals surface area contributed by atoms with Gasteiger partial charge in [-0.2, -0.15) is 0 Å². The quantitative estimate of drug-likeness (QED) is 0.198. The van der Waals surface area contributed by atoms with E-state index in [-0.39, 0.29) is 0 Å². The molecular weight excluding hydrogens is 497 g/mol. The molecule has 0 radical (unpaired) electrons. The minimum absolute atomic E-state index is 0.406. The van der Waals surface area contributed by atoms with Crippen LogP contribution in [0.2, 0.25) is 0 Å². The van der Waals surface area contributed by atoms with E-state index < -0.39 is 5.97 Å². The molecule has 2 heterocycles. The van der Waals surface area contributed by atoms with Crippen molar-refractivity contribution in [1.82, 2.24) is 4.98 Å². The molecule has 0 N–H and O–H groups in total. The summed E-state index contributed by atoms with van der Waals surface area (Å²) in [6, 6.07) is 19.8. The molecule has 142 valence electrons. The van der Waals surface area contributed by atoms with Gasteiger partial charge in [0.2, 0.25) is 0 Å². The van der Waals surface area contributed by atoms with E-state index in [0.717, 1.165) is 38.2 Å². The van der Waals surface area contributed by atoms with Gasteiger partial charge in [0.05, 0.1) is 12.8 Å². The van der Waals surface area contributed by atoms with Crippen LogP contribution in [0.4, 0.5) is 0 Å². The van der Waals surface area contributed by atoms with Crippen LogP contribution in [0, 0.1) is 3.57 Å². The van der Waals surface area contributed by atoms with Crippen LogP contribution in [-0.2, 0) is 4.74 Å². The number of furan rings is 1. The number of rotatable bonds is 3. The molecule has 0 atom stereocenters. The lowest BCUT2D eigenvalue weighted by atomic mass is 10.1. The average molecular weight is 511 g/mol. The highest BCUT2D eigenvalue weighted by molar-refractivity contribution is 14.1. The summed E-state index contributed by atoms with van der Waals surface area (Å²) in [5, 5.41) is 4.89. The van der Waals surface area contributed by atoms with Crippen LogP contribution in [0.15, 0.2) is 70.5 Å². The Bertz CT molecular complexity index is 1370. The van der Waals surface area contributed by atoms with Gasteiger partial charge in [-0.25, -0.2) is 9.78 Å². The third kappa shape index (κ3) is 3.22. The maximum atomic E-state index is 12.1. The number of methoxy groups -OCH3 is 1. The molecule has 0 aliphatic carbocycles. The van der Waals surface area contributed by atoms with Gasteiger partial charge in [-0.3, -0.25) is 0 Å². The van der Waals surface area contributed by atoms with E-state index in [4.69, 9.17) is 14.1 Å². The van der Waals surface area contributed by atoms with Gasteiger partial charge in [0.15, 0.2) is 0 Å². The first-order chi connectivity index (χ1) is 14.1. The number of aromatic nitrogens is 1. The van der Waals surface area contributed by atoms with Gasteiger partial charge in [0, 0.05) is 30.8 Å². The van der Waals surface area contributed by atoms with Crippen LogP contribution in [0.1, 0.15) is 10.4 Å². The molecule has 0 saturated carbocycles. The van der Waals surface area contributed by atoms with Crippen LogP contribution in [0.5, 0.6) is 0 Å². The van der Waals surface area contributed by atoms with Crippen molar-refractivity contribution < 1.29 is 13.9 Å². The van der Waals surface area contributed by atoms with Gasteiger partial charge < -0.3 is 9.15 Å². The van der Waals surface area contributed by atoms with Gasteiger partial charge in [-0.05, 0) is 59.0 Å². The molecule has 0 unspecified atom stereocenters. The fourth-order valence-corrected chi connectivity index (χ4v) is 4.55. The molecular formula is C23H14INO3S. The van der Waals surface area contributed by atoms with Crippen LogP contribution in [0.25, 0.3) is 43.8 Å². The number of nitrogens with zero attached hydrogens (tertiary/aromatic N) is 1. The number of carbonyl (C=O) groups excluding carboxylic acids is 1. The summed E-state index contributed by atoms with van der Waals surface area (Å²) in [5.41, 5.74) is 4.75. The first-order valence-electron chi connectivity index (χ1n) is 8.89. The maximum Gasteiger partial charge on any atom is 0.341 e. The topological polar surface area (TPSA) is 52.3 Å². The SMILES string of the molecule is COC(=O)c1cccc2c1oc1ccc(-c3csc(-c4ccc(I)cc4)n3)cc12. The summed E-state index contributed by atoms with van der Waals surface area (Å²) in [4.78, 5) is 16.9. The molecule has 0 fully saturated rings. The van der Waals surface area contributed by atoms with Crippen molar-refractivity contribution in [3.63, 3.8) is 0 Å². The van der Waals surface area contributed by atoms with Crippen molar-refractivity contribution in [3.05, 3.63) is 75.2 Å². The number of halogens is 1. The van der Waals surface area contributed by atoms with Crippen molar-refractivity contribution in [2.75, 3.05) is 7.11 Å². The Hall–Kier alpha value is -2.71. The van der Waals surface area contributed by atoms with Crippen LogP contribution < -0.4 is 0 Å². The van der Waals surface area contributed by atoms with E-state index >= 15 is 0 Å². The smallest absolute Gasteiger partial charge is 0.341 e. The molecule has 0 bridgehead atoms. The third-order valence-electron chi connectivity index (χ3n) is 4.79. The predicted molar refractivity (Wildman–Crippen MR) is 124 cm³/mol. The van der Waals surface area contributed by atoms with E-state index in [0.29, 0.717) is 11.1 Å². The number of thiazole rings is 1. The normalized spacial score (nSPS) is 11.2. The molecule has 0 aliphatic rings. The van der Waals surface area contributed by atoms with Crippen LogP contribution >= 0.6 is 33.9 Å².